The van der Waals surface area contributed by atoms with Gasteiger partial charge in [-0.3, -0.25) is 0 Å². The fraction of sp³-hybridized carbons (Fsp3) is 0.500. The van der Waals surface area contributed by atoms with E-state index >= 15 is 0 Å². The first-order valence-corrected chi connectivity index (χ1v) is 5.71. The number of nitrogens with zero attached hydrogens (tertiary/aromatic N) is 2. The molecule has 98 valence electrons. The Morgan fingerprint density at radius 1 is 0.944 bits per heavy atom. The molecule has 1 rings (SSSR count). The lowest BCUT2D eigenvalue weighted by molar-refractivity contribution is 0.0247. The van der Waals surface area contributed by atoms with Gasteiger partial charge in [0.2, 0.25) is 5.39 Å². The molecule has 0 aliphatic carbocycles. The predicted octanol–water partition coefficient (Wildman–Crippen LogP) is 1.58. The summed E-state index contributed by atoms with van der Waals surface area (Å²) in [6.07, 6.45) is 0. The molecule has 0 fully saturated rings. The van der Waals surface area contributed by atoms with Crippen molar-refractivity contribution in [2.24, 2.45) is 0 Å². The van der Waals surface area contributed by atoms with Crippen molar-refractivity contribution in [2.75, 3.05) is 39.6 Å². The van der Waals surface area contributed by atoms with Gasteiger partial charge in [0.05, 0.1) is 33.0 Å². The molecule has 0 amide bonds. The van der Waals surface area contributed by atoms with Gasteiger partial charge in [-0.05, 0) is 12.1 Å². The monoisotopic (exact) mass is 253 g/mol. The maximum atomic E-state index is 8.50. The Bertz CT molecular complexity index is 361. The fourth-order valence-corrected chi connectivity index (χ4v) is 1.21. The molecule has 0 saturated carbocycles. The standard InChI is InChI=1S/C12H17N2O4/c13-14-11-1-3-12(4-2-11)18-10-9-17-8-7-16-6-5-15/h1-4,15H,5-10H2/q+1. The van der Waals surface area contributed by atoms with Crippen LogP contribution in [-0.2, 0) is 9.47 Å². The summed E-state index contributed by atoms with van der Waals surface area (Å²) in [5, 5.41) is 17.0. The van der Waals surface area contributed by atoms with Crippen LogP contribution in [0.3, 0.4) is 0 Å². The van der Waals surface area contributed by atoms with E-state index < -0.39 is 0 Å². The first-order chi connectivity index (χ1) is 8.86. The largest absolute Gasteiger partial charge is 0.491 e. The number of diazo groups is 1. The maximum absolute atomic E-state index is 8.50. The summed E-state index contributed by atoms with van der Waals surface area (Å²) in [6.45, 7) is 2.21. The number of rotatable bonds is 9. The highest BCUT2D eigenvalue weighted by molar-refractivity contribution is 5.46. The zero-order valence-corrected chi connectivity index (χ0v) is 10.1. The molecule has 0 heterocycles. The van der Waals surface area contributed by atoms with Gasteiger partial charge >= 0.3 is 5.69 Å². The zero-order valence-electron chi connectivity index (χ0n) is 10.1. The number of aliphatic hydroxyl groups excluding tert-OH is 1. The van der Waals surface area contributed by atoms with Crippen LogP contribution in [0.15, 0.2) is 24.3 Å². The van der Waals surface area contributed by atoms with Crippen molar-refractivity contribution >= 4 is 5.69 Å². The third kappa shape index (κ3) is 6.15. The maximum Gasteiger partial charge on any atom is 0.385 e. The van der Waals surface area contributed by atoms with E-state index in [9.17, 15) is 0 Å². The molecule has 0 saturated heterocycles. The van der Waals surface area contributed by atoms with Gasteiger partial charge in [0.25, 0.3) is 0 Å². The van der Waals surface area contributed by atoms with Gasteiger partial charge in [-0.1, -0.05) is 0 Å². The second kappa shape index (κ2) is 9.36. The highest BCUT2D eigenvalue weighted by Crippen LogP contribution is 2.17. The second-order valence-electron chi connectivity index (χ2n) is 3.39. The summed E-state index contributed by atoms with van der Waals surface area (Å²) >= 11 is 0. The first-order valence-electron chi connectivity index (χ1n) is 5.71. The number of hydrogen-bond donors (Lipinski definition) is 1. The summed E-state index contributed by atoms with van der Waals surface area (Å²) in [4.78, 5) is 3.04. The highest BCUT2D eigenvalue weighted by Gasteiger charge is 2.02. The molecule has 6 heteroatoms. The molecule has 18 heavy (non-hydrogen) atoms. The van der Waals surface area contributed by atoms with Gasteiger partial charge < -0.3 is 19.3 Å². The molecule has 0 radical (unpaired) electrons. The van der Waals surface area contributed by atoms with E-state index in [1.165, 1.54) is 0 Å². The van der Waals surface area contributed by atoms with Crippen molar-refractivity contribution in [3.8, 4) is 5.75 Å². The SMILES string of the molecule is N#[N+]c1ccc(OCCOCCOCCO)cc1. The third-order valence-corrected chi connectivity index (χ3v) is 2.06. The Morgan fingerprint density at radius 2 is 1.56 bits per heavy atom. The van der Waals surface area contributed by atoms with Crippen molar-refractivity contribution in [3.63, 3.8) is 0 Å². The van der Waals surface area contributed by atoms with Gasteiger partial charge in [0.15, 0.2) is 4.98 Å². The van der Waals surface area contributed by atoms with Crippen LogP contribution in [0.2, 0.25) is 0 Å². The number of ether oxygens (including phenoxy) is 3. The lowest BCUT2D eigenvalue weighted by Crippen LogP contribution is -2.11. The van der Waals surface area contributed by atoms with E-state index in [2.05, 4.69) is 4.98 Å². The minimum Gasteiger partial charge on any atom is -0.491 e. The van der Waals surface area contributed by atoms with E-state index in [0.29, 0.717) is 44.5 Å². The van der Waals surface area contributed by atoms with Crippen LogP contribution in [-0.4, -0.2) is 44.7 Å². The normalized spacial score (nSPS) is 10.0. The summed E-state index contributed by atoms with van der Waals surface area (Å²) < 4.78 is 15.7. The van der Waals surface area contributed by atoms with E-state index in [0.717, 1.165) is 0 Å². The highest BCUT2D eigenvalue weighted by atomic mass is 16.5. The molecule has 1 aromatic rings. The Hall–Kier alpha value is -1.68. The second-order valence-corrected chi connectivity index (χ2v) is 3.39. The predicted molar refractivity (Wildman–Crippen MR) is 65.4 cm³/mol. The van der Waals surface area contributed by atoms with E-state index in [1.54, 1.807) is 24.3 Å². The Labute approximate surface area is 106 Å². The molecule has 0 aliphatic heterocycles. The summed E-state index contributed by atoms with van der Waals surface area (Å²) in [5.74, 6) is 0.697. The van der Waals surface area contributed by atoms with Crippen molar-refractivity contribution in [3.05, 3.63) is 29.2 Å². The molecule has 0 atom stereocenters. The minimum absolute atomic E-state index is 0.0270. The Balaban J connectivity index is 2.02. The molecular weight excluding hydrogens is 236 g/mol. The van der Waals surface area contributed by atoms with Crippen molar-refractivity contribution < 1.29 is 19.3 Å². The lowest BCUT2D eigenvalue weighted by atomic mass is 10.3. The zero-order chi connectivity index (χ0) is 13.1. The molecule has 6 nitrogen and oxygen atoms in total. The average Bonchev–Trinajstić information content (AvgIpc) is 2.42. The van der Waals surface area contributed by atoms with Crippen LogP contribution in [0.5, 0.6) is 5.75 Å². The molecule has 1 aromatic carbocycles. The topological polar surface area (TPSA) is 76.1 Å². The summed E-state index contributed by atoms with van der Waals surface area (Å²) in [5.41, 5.74) is 0.486. The molecule has 1 N–H and O–H groups in total. The number of aliphatic hydroxyl groups is 1. The quantitative estimate of drug-likeness (QED) is 0.534. The van der Waals surface area contributed by atoms with E-state index in [-0.39, 0.29) is 6.61 Å². The van der Waals surface area contributed by atoms with Gasteiger partial charge in [-0.25, -0.2) is 0 Å². The number of benzene rings is 1. The van der Waals surface area contributed by atoms with Gasteiger partial charge in [0, 0.05) is 12.1 Å². The van der Waals surface area contributed by atoms with Crippen LogP contribution in [0.25, 0.3) is 4.98 Å². The third-order valence-electron chi connectivity index (χ3n) is 2.06. The van der Waals surface area contributed by atoms with Crippen LogP contribution < -0.4 is 4.74 Å². The van der Waals surface area contributed by atoms with Gasteiger partial charge in [-0.15, -0.1) is 0 Å². The molecule has 0 bridgehead atoms. The molecule has 0 aromatic heterocycles. The summed E-state index contributed by atoms with van der Waals surface area (Å²) in [7, 11) is 0. The van der Waals surface area contributed by atoms with E-state index in [1.807, 2.05) is 0 Å². The molecule has 0 unspecified atom stereocenters. The van der Waals surface area contributed by atoms with Crippen LogP contribution in [0.1, 0.15) is 0 Å². The smallest absolute Gasteiger partial charge is 0.385 e. The van der Waals surface area contributed by atoms with Crippen LogP contribution in [0, 0.1) is 5.39 Å². The summed E-state index contributed by atoms with van der Waals surface area (Å²) in [6, 6.07) is 6.75. The van der Waals surface area contributed by atoms with Crippen molar-refractivity contribution in [2.45, 2.75) is 0 Å². The minimum atomic E-state index is 0.0270. The fourth-order valence-electron chi connectivity index (χ4n) is 1.21. The van der Waals surface area contributed by atoms with Crippen molar-refractivity contribution in [1.82, 2.24) is 0 Å². The Morgan fingerprint density at radius 3 is 2.17 bits per heavy atom. The molecular formula is C12H17N2O4+. The van der Waals surface area contributed by atoms with Crippen LogP contribution in [0.4, 0.5) is 5.69 Å². The number of hydrogen-bond acceptors (Lipinski definition) is 5. The van der Waals surface area contributed by atoms with E-state index in [4.69, 9.17) is 24.7 Å². The Kier molecular flexibility index (Phi) is 7.48. The lowest BCUT2D eigenvalue weighted by Gasteiger charge is -2.06. The van der Waals surface area contributed by atoms with Gasteiger partial charge in [0.1, 0.15) is 12.4 Å². The van der Waals surface area contributed by atoms with Gasteiger partial charge in [-0.2, -0.15) is 0 Å². The molecule has 0 aliphatic rings. The average molecular weight is 253 g/mol. The van der Waals surface area contributed by atoms with Crippen LogP contribution >= 0.6 is 0 Å². The van der Waals surface area contributed by atoms with Crippen molar-refractivity contribution in [1.29, 1.82) is 5.39 Å². The molecule has 0 spiro atoms. The first kappa shape index (κ1) is 14.4.